The summed E-state index contributed by atoms with van der Waals surface area (Å²) < 4.78 is 7.25. The zero-order chi connectivity index (χ0) is 20.6. The fourth-order valence-corrected chi connectivity index (χ4v) is 4.76. The highest BCUT2D eigenvalue weighted by molar-refractivity contribution is 6.24. The predicted octanol–water partition coefficient (Wildman–Crippen LogP) is 6.06. The van der Waals surface area contributed by atoms with Crippen LogP contribution in [-0.2, 0) is 7.05 Å². The number of fused-ring (bicyclic) bond motifs is 5. The fraction of sp³-hybridized carbons (Fsp3) is 0.154. The minimum absolute atomic E-state index is 0.839. The second-order valence-corrected chi connectivity index (χ2v) is 8.02. The summed E-state index contributed by atoms with van der Waals surface area (Å²) in [6.45, 7) is 4.34. The van der Waals surface area contributed by atoms with Crippen LogP contribution < -0.4 is 4.74 Å². The second-order valence-electron chi connectivity index (χ2n) is 8.02. The Bertz CT molecular complexity index is 1490. The number of aromatic nitrogens is 3. The number of pyridine rings is 1. The van der Waals surface area contributed by atoms with Gasteiger partial charge in [-0.3, -0.25) is 0 Å². The van der Waals surface area contributed by atoms with Crippen molar-refractivity contribution in [3.05, 3.63) is 65.7 Å². The zero-order valence-electron chi connectivity index (χ0n) is 17.4. The molecule has 0 fully saturated rings. The maximum Gasteiger partial charge on any atom is 0.159 e. The molecule has 0 radical (unpaired) electrons. The highest BCUT2D eigenvalue weighted by Crippen LogP contribution is 2.52. The van der Waals surface area contributed by atoms with Crippen molar-refractivity contribution >= 4 is 21.9 Å². The Hall–Kier alpha value is -3.66. The average molecular weight is 391 g/mol. The molecule has 2 heterocycles. The normalized spacial score (nSPS) is 12.0. The number of methoxy groups -OCH3 is 1. The lowest BCUT2D eigenvalue weighted by Gasteiger charge is -2.10. The topological polar surface area (TPSA) is 39.9 Å². The van der Waals surface area contributed by atoms with Gasteiger partial charge in [-0.25, -0.2) is 9.67 Å². The van der Waals surface area contributed by atoms with Crippen LogP contribution in [0.25, 0.3) is 55.4 Å². The maximum atomic E-state index is 5.34. The third-order valence-electron chi connectivity index (χ3n) is 6.40. The molecule has 0 bridgehead atoms. The van der Waals surface area contributed by atoms with E-state index in [1.165, 1.54) is 38.8 Å². The van der Waals surface area contributed by atoms with Crippen molar-refractivity contribution in [1.82, 2.24) is 14.8 Å². The molecule has 6 rings (SSSR count). The Morgan fingerprint density at radius 2 is 1.60 bits per heavy atom. The second kappa shape index (κ2) is 5.92. The van der Waals surface area contributed by atoms with Crippen LogP contribution in [0.1, 0.15) is 11.1 Å². The van der Waals surface area contributed by atoms with Crippen molar-refractivity contribution in [2.45, 2.75) is 13.8 Å². The van der Waals surface area contributed by atoms with Gasteiger partial charge in [0.15, 0.2) is 5.65 Å². The molecule has 2 aromatic heterocycles. The van der Waals surface area contributed by atoms with E-state index in [9.17, 15) is 0 Å². The van der Waals surface area contributed by atoms with E-state index in [1.807, 2.05) is 23.9 Å². The Kier molecular flexibility index (Phi) is 3.40. The van der Waals surface area contributed by atoms with E-state index in [4.69, 9.17) is 14.8 Å². The van der Waals surface area contributed by atoms with Crippen molar-refractivity contribution in [3.63, 3.8) is 0 Å². The average Bonchev–Trinajstić information content (AvgIpc) is 3.28. The van der Waals surface area contributed by atoms with Crippen LogP contribution in [-0.4, -0.2) is 21.9 Å². The number of aryl methyl sites for hydroxylation is 3. The summed E-state index contributed by atoms with van der Waals surface area (Å²) in [5, 5.41) is 7.27. The molecular formula is C26H21N3O. The molecule has 3 aromatic carbocycles. The van der Waals surface area contributed by atoms with E-state index in [1.54, 1.807) is 7.11 Å². The molecule has 0 N–H and O–H groups in total. The molecule has 0 atom stereocenters. The van der Waals surface area contributed by atoms with Gasteiger partial charge >= 0.3 is 0 Å². The number of benzene rings is 3. The number of rotatable bonds is 2. The van der Waals surface area contributed by atoms with Crippen molar-refractivity contribution in [2.24, 2.45) is 7.05 Å². The molecule has 0 saturated carbocycles. The van der Waals surface area contributed by atoms with E-state index >= 15 is 0 Å². The van der Waals surface area contributed by atoms with Crippen molar-refractivity contribution in [2.75, 3.05) is 7.11 Å². The smallest absolute Gasteiger partial charge is 0.159 e. The first-order valence-electron chi connectivity index (χ1n) is 10.1. The monoisotopic (exact) mass is 391 g/mol. The first-order valence-corrected chi connectivity index (χ1v) is 10.1. The largest absolute Gasteiger partial charge is 0.497 e. The van der Waals surface area contributed by atoms with Gasteiger partial charge in [0.2, 0.25) is 0 Å². The van der Waals surface area contributed by atoms with Gasteiger partial charge < -0.3 is 4.74 Å². The van der Waals surface area contributed by atoms with Gasteiger partial charge in [-0.2, -0.15) is 5.10 Å². The quantitative estimate of drug-likeness (QED) is 0.360. The van der Waals surface area contributed by atoms with Gasteiger partial charge in [0.1, 0.15) is 11.4 Å². The molecule has 4 nitrogen and oxygen atoms in total. The summed E-state index contributed by atoms with van der Waals surface area (Å²) in [4.78, 5) is 5.14. The minimum atomic E-state index is 0.839. The zero-order valence-corrected chi connectivity index (χ0v) is 17.4. The lowest BCUT2D eigenvalue weighted by molar-refractivity contribution is 0.415. The van der Waals surface area contributed by atoms with Crippen LogP contribution in [0.2, 0.25) is 0 Å². The van der Waals surface area contributed by atoms with Gasteiger partial charge in [-0.05, 0) is 65.9 Å². The Labute approximate surface area is 174 Å². The van der Waals surface area contributed by atoms with Crippen LogP contribution in [0.15, 0.2) is 54.6 Å². The first kappa shape index (κ1) is 17.2. The Morgan fingerprint density at radius 1 is 0.867 bits per heavy atom. The predicted molar refractivity (Wildman–Crippen MR) is 122 cm³/mol. The van der Waals surface area contributed by atoms with Crippen LogP contribution >= 0.6 is 0 Å². The summed E-state index contributed by atoms with van der Waals surface area (Å²) in [5.41, 5.74) is 11.6. The number of hydrogen-bond acceptors (Lipinski definition) is 3. The van der Waals surface area contributed by atoms with Gasteiger partial charge in [0.25, 0.3) is 0 Å². The molecule has 5 aromatic rings. The van der Waals surface area contributed by atoms with Crippen LogP contribution in [0, 0.1) is 13.8 Å². The van der Waals surface area contributed by atoms with E-state index in [2.05, 4.69) is 56.3 Å². The van der Waals surface area contributed by atoms with E-state index in [0.717, 1.165) is 33.6 Å². The number of hydrogen-bond donors (Lipinski definition) is 0. The molecule has 4 heteroatoms. The maximum absolute atomic E-state index is 5.34. The minimum Gasteiger partial charge on any atom is -0.497 e. The van der Waals surface area contributed by atoms with Crippen LogP contribution in [0.5, 0.6) is 5.75 Å². The molecular weight excluding hydrogens is 370 g/mol. The molecule has 0 aliphatic heterocycles. The summed E-state index contributed by atoms with van der Waals surface area (Å²) in [7, 11) is 3.67. The molecule has 146 valence electrons. The first-order chi connectivity index (χ1) is 14.6. The van der Waals surface area contributed by atoms with Gasteiger partial charge in [0.05, 0.1) is 18.0 Å². The fourth-order valence-electron chi connectivity index (χ4n) is 4.76. The molecule has 0 saturated heterocycles. The van der Waals surface area contributed by atoms with E-state index in [-0.39, 0.29) is 0 Å². The summed E-state index contributed by atoms with van der Waals surface area (Å²) in [6, 6.07) is 19.1. The summed E-state index contributed by atoms with van der Waals surface area (Å²) in [6.07, 6.45) is 0. The molecule has 1 aliphatic carbocycles. The highest BCUT2D eigenvalue weighted by atomic mass is 16.5. The molecule has 1 aliphatic rings. The van der Waals surface area contributed by atoms with Gasteiger partial charge in [-0.15, -0.1) is 0 Å². The molecule has 0 unspecified atom stereocenters. The number of nitrogens with zero attached hydrogens (tertiary/aromatic N) is 3. The molecule has 0 amide bonds. The van der Waals surface area contributed by atoms with Crippen molar-refractivity contribution < 1.29 is 4.74 Å². The SMILES string of the molecule is COc1ccc(-c2nn(C)c3nc4c(C)c(C)cc5c4c(c23)-c2ccccc2-5)cc1. The van der Waals surface area contributed by atoms with Gasteiger partial charge in [-0.1, -0.05) is 30.3 Å². The summed E-state index contributed by atoms with van der Waals surface area (Å²) in [5.74, 6) is 0.839. The molecule has 0 spiro atoms. The molecule has 30 heavy (non-hydrogen) atoms. The van der Waals surface area contributed by atoms with Crippen molar-refractivity contribution in [3.8, 4) is 39.3 Å². The lowest BCUT2D eigenvalue weighted by atomic mass is 9.96. The lowest BCUT2D eigenvalue weighted by Crippen LogP contribution is -1.95. The van der Waals surface area contributed by atoms with Crippen LogP contribution in [0.4, 0.5) is 0 Å². The van der Waals surface area contributed by atoms with E-state index in [0.29, 0.717) is 0 Å². The summed E-state index contributed by atoms with van der Waals surface area (Å²) >= 11 is 0. The van der Waals surface area contributed by atoms with E-state index < -0.39 is 0 Å². The Balaban J connectivity index is 1.81. The number of ether oxygens (including phenoxy) is 1. The third kappa shape index (κ3) is 2.11. The van der Waals surface area contributed by atoms with Gasteiger partial charge in [0, 0.05) is 23.6 Å². The standard InChI is InChI=1S/C26H21N3O/c1-14-13-20-18-7-5-6-8-19(18)21-22(20)24(15(14)2)27-26-23(21)25(28-29(26)3)16-9-11-17(30-4)12-10-16/h5-13H,1-4H3. The third-order valence-corrected chi connectivity index (χ3v) is 6.40. The van der Waals surface area contributed by atoms with Crippen LogP contribution in [0.3, 0.4) is 0 Å². The highest BCUT2D eigenvalue weighted by Gasteiger charge is 2.29. The Morgan fingerprint density at radius 3 is 2.33 bits per heavy atom. The van der Waals surface area contributed by atoms with Crippen molar-refractivity contribution in [1.29, 1.82) is 0 Å².